The molecular formula is C13H19NO4S2. The van der Waals surface area contributed by atoms with E-state index in [0.717, 1.165) is 12.2 Å². The fourth-order valence-electron chi connectivity index (χ4n) is 1.47. The van der Waals surface area contributed by atoms with Gasteiger partial charge in [-0.3, -0.25) is 4.79 Å². The molecule has 5 nitrogen and oxygen atoms in total. The van der Waals surface area contributed by atoms with Crippen LogP contribution in [-0.2, 0) is 14.6 Å². The first-order valence-electron chi connectivity index (χ1n) is 6.34. The van der Waals surface area contributed by atoms with E-state index in [-0.39, 0.29) is 33.7 Å². The molecule has 1 aromatic rings. The zero-order valence-corrected chi connectivity index (χ0v) is 13.2. The molecule has 0 saturated heterocycles. The molecule has 0 heterocycles. The third-order valence-corrected chi connectivity index (χ3v) is 5.46. The van der Waals surface area contributed by atoms with Crippen LogP contribution in [0.4, 0.5) is 5.69 Å². The van der Waals surface area contributed by atoms with E-state index in [1.165, 1.54) is 30.0 Å². The van der Waals surface area contributed by atoms with Gasteiger partial charge in [0.1, 0.15) is 5.75 Å². The van der Waals surface area contributed by atoms with Gasteiger partial charge in [0, 0.05) is 0 Å². The van der Waals surface area contributed by atoms with Crippen molar-refractivity contribution in [1.29, 1.82) is 0 Å². The van der Waals surface area contributed by atoms with Crippen molar-refractivity contribution in [2.24, 2.45) is 0 Å². The maximum Gasteiger partial charge on any atom is 0.234 e. The molecule has 0 unspecified atom stereocenters. The first-order valence-corrected chi connectivity index (χ1v) is 9.14. The number of rotatable bonds is 7. The first-order chi connectivity index (χ1) is 9.40. The van der Waals surface area contributed by atoms with Gasteiger partial charge in [-0.05, 0) is 30.4 Å². The second kappa shape index (κ2) is 7.54. The molecule has 0 bridgehead atoms. The van der Waals surface area contributed by atoms with E-state index in [1.807, 2.05) is 6.92 Å². The zero-order chi connectivity index (χ0) is 15.2. The summed E-state index contributed by atoms with van der Waals surface area (Å²) in [5, 5.41) is 12.2. The number of nitrogens with one attached hydrogen (secondary N) is 1. The summed E-state index contributed by atoms with van der Waals surface area (Å²) >= 11 is 1.49. The predicted molar refractivity (Wildman–Crippen MR) is 82.1 cm³/mol. The number of carbonyl (C=O) groups is 1. The van der Waals surface area contributed by atoms with Gasteiger partial charge in [-0.15, -0.1) is 0 Å². The first kappa shape index (κ1) is 16.8. The van der Waals surface area contributed by atoms with Gasteiger partial charge >= 0.3 is 0 Å². The Morgan fingerprint density at radius 2 is 2.05 bits per heavy atom. The summed E-state index contributed by atoms with van der Waals surface area (Å²) in [6.45, 7) is 3.57. The monoisotopic (exact) mass is 317 g/mol. The Morgan fingerprint density at radius 1 is 1.35 bits per heavy atom. The molecule has 0 aliphatic carbocycles. The number of aromatic hydroxyl groups is 1. The molecule has 0 aromatic heterocycles. The summed E-state index contributed by atoms with van der Waals surface area (Å²) in [6.07, 6.45) is 0.980. The zero-order valence-electron chi connectivity index (χ0n) is 11.5. The minimum Gasteiger partial charge on any atom is -0.506 e. The third-order valence-electron chi connectivity index (χ3n) is 2.56. The van der Waals surface area contributed by atoms with Crippen LogP contribution in [0.2, 0.25) is 0 Å². The lowest BCUT2D eigenvalue weighted by molar-refractivity contribution is -0.113. The van der Waals surface area contributed by atoms with Crippen molar-refractivity contribution in [3.63, 3.8) is 0 Å². The predicted octanol–water partition coefficient (Wildman–Crippen LogP) is 2.27. The number of hydrogen-bond donors (Lipinski definition) is 2. The highest BCUT2D eigenvalue weighted by Gasteiger charge is 2.15. The molecule has 0 aliphatic heterocycles. The van der Waals surface area contributed by atoms with Gasteiger partial charge in [-0.1, -0.05) is 13.8 Å². The van der Waals surface area contributed by atoms with Crippen molar-refractivity contribution in [2.45, 2.75) is 25.2 Å². The highest BCUT2D eigenvalue weighted by Crippen LogP contribution is 2.27. The minimum atomic E-state index is -3.36. The largest absolute Gasteiger partial charge is 0.506 e. The Kier molecular flexibility index (Phi) is 6.35. The quantitative estimate of drug-likeness (QED) is 0.595. The van der Waals surface area contributed by atoms with Crippen LogP contribution in [-0.4, -0.2) is 36.7 Å². The molecule has 1 amide bonds. The van der Waals surface area contributed by atoms with Gasteiger partial charge in [0.25, 0.3) is 0 Å². The second-order valence-electron chi connectivity index (χ2n) is 4.18. The molecule has 0 saturated carbocycles. The maximum atomic E-state index is 11.8. The van der Waals surface area contributed by atoms with E-state index < -0.39 is 9.84 Å². The molecule has 0 spiro atoms. The number of thioether (sulfide) groups is 1. The Labute approximate surface area is 123 Å². The van der Waals surface area contributed by atoms with E-state index in [2.05, 4.69) is 5.32 Å². The number of carbonyl (C=O) groups excluding carboxylic acids is 1. The summed E-state index contributed by atoms with van der Waals surface area (Å²) in [5.74, 6) is 0.720. The SMILES string of the molecule is CCCSCC(=O)Nc1cc(S(=O)(=O)CC)ccc1O. The number of phenolic OH excluding ortho intramolecular Hbond substituents is 1. The summed E-state index contributed by atoms with van der Waals surface area (Å²) < 4.78 is 23.5. The van der Waals surface area contributed by atoms with Crippen LogP contribution in [0.25, 0.3) is 0 Å². The van der Waals surface area contributed by atoms with Gasteiger partial charge in [0.15, 0.2) is 9.84 Å². The standard InChI is InChI=1S/C13H19NO4S2/c1-3-7-19-9-13(16)14-11-8-10(5-6-12(11)15)20(17,18)4-2/h5-6,8,15H,3-4,7,9H2,1-2H3,(H,14,16). The van der Waals surface area contributed by atoms with Crippen molar-refractivity contribution in [1.82, 2.24) is 0 Å². The normalized spacial score (nSPS) is 11.3. The molecule has 2 N–H and O–H groups in total. The Bertz CT molecular complexity index is 570. The fraction of sp³-hybridized carbons (Fsp3) is 0.462. The summed E-state index contributed by atoms with van der Waals surface area (Å²) in [4.78, 5) is 11.8. The molecule has 1 aromatic carbocycles. The molecule has 20 heavy (non-hydrogen) atoms. The van der Waals surface area contributed by atoms with Crippen molar-refractivity contribution < 1.29 is 18.3 Å². The van der Waals surface area contributed by atoms with Crippen LogP contribution >= 0.6 is 11.8 Å². The van der Waals surface area contributed by atoms with Crippen LogP contribution in [0.5, 0.6) is 5.75 Å². The van der Waals surface area contributed by atoms with Crippen molar-refractivity contribution in [2.75, 3.05) is 22.6 Å². The molecule has 0 radical (unpaired) electrons. The fourth-order valence-corrected chi connectivity index (χ4v) is 3.07. The average molecular weight is 317 g/mol. The number of amides is 1. The van der Waals surface area contributed by atoms with Gasteiger partial charge in [-0.25, -0.2) is 8.42 Å². The lowest BCUT2D eigenvalue weighted by Crippen LogP contribution is -2.15. The second-order valence-corrected chi connectivity index (χ2v) is 7.57. The highest BCUT2D eigenvalue weighted by molar-refractivity contribution is 7.99. The van der Waals surface area contributed by atoms with Crippen LogP contribution in [0.1, 0.15) is 20.3 Å². The molecular weight excluding hydrogens is 298 g/mol. The van der Waals surface area contributed by atoms with Gasteiger partial charge < -0.3 is 10.4 Å². The summed E-state index contributed by atoms with van der Waals surface area (Å²) in [5.41, 5.74) is 0.127. The van der Waals surface area contributed by atoms with E-state index in [4.69, 9.17) is 0 Å². The van der Waals surface area contributed by atoms with Crippen LogP contribution < -0.4 is 5.32 Å². The highest BCUT2D eigenvalue weighted by atomic mass is 32.2. The third kappa shape index (κ3) is 4.72. The lowest BCUT2D eigenvalue weighted by atomic mass is 10.3. The molecule has 0 aliphatic rings. The summed E-state index contributed by atoms with van der Waals surface area (Å²) in [7, 11) is -3.36. The van der Waals surface area contributed by atoms with Crippen LogP contribution in [0, 0.1) is 0 Å². The van der Waals surface area contributed by atoms with E-state index in [1.54, 1.807) is 6.92 Å². The molecule has 112 valence electrons. The number of sulfone groups is 1. The van der Waals surface area contributed by atoms with Gasteiger partial charge in [-0.2, -0.15) is 11.8 Å². The van der Waals surface area contributed by atoms with E-state index in [9.17, 15) is 18.3 Å². The lowest BCUT2D eigenvalue weighted by Gasteiger charge is -2.09. The van der Waals surface area contributed by atoms with Crippen molar-refractivity contribution in [3.8, 4) is 5.75 Å². The Hall–Kier alpha value is -1.21. The topological polar surface area (TPSA) is 83.5 Å². The number of benzene rings is 1. The molecule has 7 heteroatoms. The van der Waals surface area contributed by atoms with Crippen molar-refractivity contribution in [3.05, 3.63) is 18.2 Å². The van der Waals surface area contributed by atoms with Crippen LogP contribution in [0.3, 0.4) is 0 Å². The number of phenols is 1. The maximum absolute atomic E-state index is 11.8. The Morgan fingerprint density at radius 3 is 2.65 bits per heavy atom. The minimum absolute atomic E-state index is 0.0302. The molecule has 0 atom stereocenters. The van der Waals surface area contributed by atoms with Crippen molar-refractivity contribution >= 4 is 33.2 Å². The van der Waals surface area contributed by atoms with Gasteiger partial charge in [0.2, 0.25) is 5.91 Å². The number of hydrogen-bond acceptors (Lipinski definition) is 5. The van der Waals surface area contributed by atoms with E-state index >= 15 is 0 Å². The Balaban J connectivity index is 2.85. The average Bonchev–Trinajstić information content (AvgIpc) is 2.41. The molecule has 0 fully saturated rings. The van der Waals surface area contributed by atoms with Crippen LogP contribution in [0.15, 0.2) is 23.1 Å². The number of anilines is 1. The smallest absolute Gasteiger partial charge is 0.234 e. The summed E-state index contributed by atoms with van der Waals surface area (Å²) in [6, 6.07) is 3.89. The van der Waals surface area contributed by atoms with E-state index in [0.29, 0.717) is 0 Å². The molecule has 1 rings (SSSR count). The van der Waals surface area contributed by atoms with Gasteiger partial charge in [0.05, 0.1) is 22.1 Å².